The first-order valence-corrected chi connectivity index (χ1v) is 13.5. The molecule has 6 rings (SSSR count). The minimum absolute atomic E-state index is 0.155. The van der Waals surface area contributed by atoms with Crippen LogP contribution in [-0.4, -0.2) is 37.6 Å². The number of nitrogens with zero attached hydrogens (tertiary/aromatic N) is 5. The molecule has 1 aliphatic rings. The molecule has 1 fully saturated rings. The van der Waals surface area contributed by atoms with E-state index < -0.39 is 0 Å². The number of rotatable bonds is 6. The summed E-state index contributed by atoms with van der Waals surface area (Å²) >= 11 is 6.67. The average molecular weight is 538 g/mol. The van der Waals surface area contributed by atoms with Crippen LogP contribution in [0.1, 0.15) is 31.2 Å². The standard InChI is InChI=1S/C30H28ClN7O/c1-2-38-28-22(12-26(29(38)39)25-10-7-20(13-27(25)31)23-15-33-18-34-16-23)17-35-30(37-28)36-24-8-5-19(6-9-24)21-4-3-11-32-14-21/h5-10,12-13,15-18,21,32H,2-4,11,14H2,1H3,(H,35,36,37). The zero-order chi connectivity index (χ0) is 26.8. The summed E-state index contributed by atoms with van der Waals surface area (Å²) < 4.78 is 1.66. The molecule has 5 aromatic rings. The van der Waals surface area contributed by atoms with Gasteiger partial charge in [0.2, 0.25) is 5.95 Å². The van der Waals surface area contributed by atoms with E-state index in [-0.39, 0.29) is 5.56 Å². The van der Waals surface area contributed by atoms with Crippen LogP contribution in [0.25, 0.3) is 33.3 Å². The van der Waals surface area contributed by atoms with Crippen LogP contribution in [0.5, 0.6) is 0 Å². The monoisotopic (exact) mass is 537 g/mol. The molecule has 1 saturated heterocycles. The molecule has 0 bridgehead atoms. The number of aryl methyl sites for hydroxylation is 1. The van der Waals surface area contributed by atoms with Crippen LogP contribution in [0.15, 0.2) is 78.2 Å². The first-order chi connectivity index (χ1) is 19.1. The van der Waals surface area contributed by atoms with Gasteiger partial charge >= 0.3 is 0 Å². The van der Waals surface area contributed by atoms with E-state index in [0.29, 0.717) is 40.2 Å². The van der Waals surface area contributed by atoms with Crippen molar-refractivity contribution in [3.63, 3.8) is 0 Å². The van der Waals surface area contributed by atoms with Gasteiger partial charge in [0.05, 0.1) is 0 Å². The highest BCUT2D eigenvalue weighted by Crippen LogP contribution is 2.32. The Balaban J connectivity index is 1.30. The number of hydrogen-bond donors (Lipinski definition) is 2. The Morgan fingerprint density at radius 3 is 2.56 bits per heavy atom. The summed E-state index contributed by atoms with van der Waals surface area (Å²) in [5.41, 5.74) is 5.54. The van der Waals surface area contributed by atoms with Gasteiger partial charge in [0, 0.05) is 64.5 Å². The molecule has 2 N–H and O–H groups in total. The predicted molar refractivity (Wildman–Crippen MR) is 156 cm³/mol. The summed E-state index contributed by atoms with van der Waals surface area (Å²) in [5, 5.41) is 7.99. The van der Waals surface area contributed by atoms with Crippen molar-refractivity contribution < 1.29 is 0 Å². The van der Waals surface area contributed by atoms with E-state index in [1.54, 1.807) is 23.2 Å². The summed E-state index contributed by atoms with van der Waals surface area (Å²) in [7, 11) is 0. The molecule has 3 aromatic heterocycles. The van der Waals surface area contributed by atoms with Crippen molar-refractivity contribution in [2.24, 2.45) is 0 Å². The molecule has 4 heterocycles. The van der Waals surface area contributed by atoms with Crippen LogP contribution >= 0.6 is 11.6 Å². The average Bonchev–Trinajstić information content (AvgIpc) is 2.98. The number of fused-ring (bicyclic) bond motifs is 1. The Labute approximate surface area is 231 Å². The first-order valence-electron chi connectivity index (χ1n) is 13.1. The molecule has 1 aliphatic heterocycles. The van der Waals surface area contributed by atoms with Gasteiger partial charge in [-0.2, -0.15) is 4.98 Å². The molecule has 1 atom stereocenters. The normalized spacial score (nSPS) is 15.4. The largest absolute Gasteiger partial charge is 0.324 e. The van der Waals surface area contributed by atoms with Crippen LogP contribution in [0.3, 0.4) is 0 Å². The Morgan fingerprint density at radius 2 is 1.85 bits per heavy atom. The summed E-state index contributed by atoms with van der Waals surface area (Å²) in [4.78, 5) is 31.0. The highest BCUT2D eigenvalue weighted by Gasteiger charge is 2.17. The zero-order valence-electron chi connectivity index (χ0n) is 21.6. The lowest BCUT2D eigenvalue weighted by Gasteiger charge is -2.23. The van der Waals surface area contributed by atoms with E-state index in [4.69, 9.17) is 16.6 Å². The number of nitrogens with one attached hydrogen (secondary N) is 2. The number of aromatic nitrogens is 5. The second kappa shape index (κ2) is 10.9. The first kappa shape index (κ1) is 25.2. The molecule has 0 amide bonds. The third kappa shape index (κ3) is 5.13. The SMILES string of the molecule is CCn1c(=O)c(-c2ccc(-c3cncnc3)cc2Cl)cc2cnc(Nc3ccc(C4CCCNC4)cc3)nc21. The Hall–Kier alpha value is -4.14. The molecule has 0 spiro atoms. The molecule has 0 radical (unpaired) electrons. The molecule has 0 saturated carbocycles. The maximum absolute atomic E-state index is 13.6. The Kier molecular flexibility index (Phi) is 7.04. The molecule has 1 unspecified atom stereocenters. The number of hydrogen-bond acceptors (Lipinski definition) is 7. The molecule has 8 nitrogen and oxygen atoms in total. The van der Waals surface area contributed by atoms with E-state index in [0.717, 1.165) is 35.3 Å². The van der Waals surface area contributed by atoms with E-state index in [9.17, 15) is 4.79 Å². The zero-order valence-corrected chi connectivity index (χ0v) is 22.3. The third-order valence-electron chi connectivity index (χ3n) is 7.23. The fourth-order valence-electron chi connectivity index (χ4n) is 5.17. The lowest BCUT2D eigenvalue weighted by molar-refractivity contribution is 0.461. The van der Waals surface area contributed by atoms with Gasteiger partial charge in [0.15, 0.2) is 0 Å². The van der Waals surface area contributed by atoms with Crippen molar-refractivity contribution in [3.8, 4) is 22.3 Å². The summed E-state index contributed by atoms with van der Waals surface area (Å²) in [6, 6.07) is 15.9. The second-order valence-electron chi connectivity index (χ2n) is 9.69. The van der Waals surface area contributed by atoms with Crippen LogP contribution < -0.4 is 16.2 Å². The van der Waals surface area contributed by atoms with Crippen molar-refractivity contribution in [1.82, 2.24) is 29.8 Å². The molecule has 9 heteroatoms. The number of anilines is 2. The molecular formula is C30H28ClN7O. The number of piperidine rings is 1. The fraction of sp³-hybridized carbons (Fsp3) is 0.233. The van der Waals surface area contributed by atoms with Gasteiger partial charge in [-0.3, -0.25) is 9.36 Å². The quantitative estimate of drug-likeness (QED) is 0.282. The van der Waals surface area contributed by atoms with Gasteiger partial charge in [0.1, 0.15) is 12.0 Å². The van der Waals surface area contributed by atoms with Gasteiger partial charge in [0.25, 0.3) is 5.56 Å². The topological polar surface area (TPSA) is 97.6 Å². The lowest BCUT2D eigenvalue weighted by Crippen LogP contribution is -2.28. The maximum Gasteiger partial charge on any atom is 0.260 e. The second-order valence-corrected chi connectivity index (χ2v) is 10.1. The van der Waals surface area contributed by atoms with Gasteiger partial charge in [-0.05, 0) is 67.6 Å². The minimum Gasteiger partial charge on any atom is -0.324 e. The van der Waals surface area contributed by atoms with E-state index >= 15 is 0 Å². The van der Waals surface area contributed by atoms with Crippen LogP contribution in [0, 0.1) is 0 Å². The molecule has 0 aliphatic carbocycles. The van der Waals surface area contributed by atoms with Crippen molar-refractivity contribution in [3.05, 3.63) is 94.4 Å². The van der Waals surface area contributed by atoms with E-state index in [2.05, 4.69) is 49.9 Å². The summed E-state index contributed by atoms with van der Waals surface area (Å²) in [6.45, 7) is 4.51. The van der Waals surface area contributed by atoms with Crippen molar-refractivity contribution in [1.29, 1.82) is 0 Å². The Bertz CT molecular complexity index is 1680. The molecular weight excluding hydrogens is 510 g/mol. The number of benzene rings is 2. The van der Waals surface area contributed by atoms with Gasteiger partial charge in [-0.25, -0.2) is 15.0 Å². The van der Waals surface area contributed by atoms with Gasteiger partial charge in [-0.15, -0.1) is 0 Å². The lowest BCUT2D eigenvalue weighted by atomic mass is 9.92. The summed E-state index contributed by atoms with van der Waals surface area (Å²) in [6.07, 6.45) is 9.09. The summed E-state index contributed by atoms with van der Waals surface area (Å²) in [5.74, 6) is 0.992. The van der Waals surface area contributed by atoms with Crippen LogP contribution in [0.4, 0.5) is 11.6 Å². The van der Waals surface area contributed by atoms with Crippen LogP contribution in [-0.2, 0) is 6.54 Å². The van der Waals surface area contributed by atoms with Crippen molar-refractivity contribution >= 4 is 34.3 Å². The molecule has 39 heavy (non-hydrogen) atoms. The highest BCUT2D eigenvalue weighted by molar-refractivity contribution is 6.33. The van der Waals surface area contributed by atoms with Crippen molar-refractivity contribution in [2.75, 3.05) is 18.4 Å². The maximum atomic E-state index is 13.6. The molecule has 196 valence electrons. The predicted octanol–water partition coefficient (Wildman–Crippen LogP) is 5.80. The number of halogens is 1. The van der Waals surface area contributed by atoms with Crippen LogP contribution in [0.2, 0.25) is 5.02 Å². The number of pyridine rings is 1. The smallest absolute Gasteiger partial charge is 0.260 e. The Morgan fingerprint density at radius 1 is 1.03 bits per heavy atom. The highest BCUT2D eigenvalue weighted by atomic mass is 35.5. The molecule has 2 aromatic carbocycles. The third-order valence-corrected chi connectivity index (χ3v) is 7.54. The van der Waals surface area contributed by atoms with E-state index in [1.807, 2.05) is 31.2 Å². The minimum atomic E-state index is -0.155. The van der Waals surface area contributed by atoms with Gasteiger partial charge in [-0.1, -0.05) is 35.9 Å². The van der Waals surface area contributed by atoms with Gasteiger partial charge < -0.3 is 10.6 Å². The van der Waals surface area contributed by atoms with E-state index in [1.165, 1.54) is 24.7 Å². The fourth-order valence-corrected chi connectivity index (χ4v) is 5.45. The van der Waals surface area contributed by atoms with Crippen molar-refractivity contribution in [2.45, 2.75) is 32.2 Å².